The zero-order valence-electron chi connectivity index (χ0n) is 10.7. The SMILES string of the molecule is C[C@H]1CCCC[C@@H]1NCCn1ccc([N+](=O)[O-])n1. The summed E-state index contributed by atoms with van der Waals surface area (Å²) in [7, 11) is 0. The van der Waals surface area contributed by atoms with Gasteiger partial charge in [0.05, 0.1) is 23.9 Å². The third kappa shape index (κ3) is 3.29. The van der Waals surface area contributed by atoms with Crippen LogP contribution in [-0.4, -0.2) is 27.3 Å². The molecule has 1 aromatic heterocycles. The number of nitrogens with zero attached hydrogens (tertiary/aromatic N) is 3. The Hall–Kier alpha value is -1.43. The van der Waals surface area contributed by atoms with E-state index in [4.69, 9.17) is 0 Å². The van der Waals surface area contributed by atoms with Gasteiger partial charge in [0.25, 0.3) is 0 Å². The van der Waals surface area contributed by atoms with E-state index in [1.165, 1.54) is 31.7 Å². The Kier molecular flexibility index (Phi) is 4.30. The molecule has 1 N–H and O–H groups in total. The molecule has 0 bridgehead atoms. The molecule has 0 aliphatic heterocycles. The highest BCUT2D eigenvalue weighted by Crippen LogP contribution is 2.23. The molecular formula is C12H20N4O2. The van der Waals surface area contributed by atoms with Crippen molar-refractivity contribution >= 4 is 5.82 Å². The second-order valence-electron chi connectivity index (χ2n) is 5.02. The molecule has 2 atom stereocenters. The van der Waals surface area contributed by atoms with E-state index in [2.05, 4.69) is 17.3 Å². The van der Waals surface area contributed by atoms with Gasteiger partial charge in [-0.2, -0.15) is 4.68 Å². The predicted molar refractivity (Wildman–Crippen MR) is 68.3 cm³/mol. The molecule has 6 heteroatoms. The van der Waals surface area contributed by atoms with Gasteiger partial charge in [-0.05, 0) is 23.7 Å². The van der Waals surface area contributed by atoms with E-state index in [0.29, 0.717) is 12.6 Å². The van der Waals surface area contributed by atoms with Crippen molar-refractivity contribution in [3.8, 4) is 0 Å². The molecule has 0 amide bonds. The van der Waals surface area contributed by atoms with Gasteiger partial charge < -0.3 is 15.4 Å². The highest BCUT2D eigenvalue weighted by molar-refractivity contribution is 5.13. The molecule has 6 nitrogen and oxygen atoms in total. The summed E-state index contributed by atoms with van der Waals surface area (Å²) in [5.41, 5.74) is 0. The van der Waals surface area contributed by atoms with Gasteiger partial charge in [0, 0.05) is 12.6 Å². The lowest BCUT2D eigenvalue weighted by molar-refractivity contribution is -0.389. The minimum Gasteiger partial charge on any atom is -0.358 e. The average molecular weight is 252 g/mol. The lowest BCUT2D eigenvalue weighted by atomic mass is 9.86. The minimum atomic E-state index is -0.465. The Morgan fingerprint density at radius 2 is 2.33 bits per heavy atom. The van der Waals surface area contributed by atoms with Crippen molar-refractivity contribution < 1.29 is 4.92 Å². The lowest BCUT2D eigenvalue weighted by Gasteiger charge is -2.29. The Morgan fingerprint density at radius 1 is 1.56 bits per heavy atom. The summed E-state index contributed by atoms with van der Waals surface area (Å²) >= 11 is 0. The predicted octanol–water partition coefficient (Wildman–Crippen LogP) is 1.96. The second kappa shape index (κ2) is 5.95. The Labute approximate surface area is 107 Å². The van der Waals surface area contributed by atoms with Crippen molar-refractivity contribution in [2.24, 2.45) is 5.92 Å². The summed E-state index contributed by atoms with van der Waals surface area (Å²) < 4.78 is 1.62. The Morgan fingerprint density at radius 3 is 3.00 bits per heavy atom. The first kappa shape index (κ1) is 13.0. The molecule has 100 valence electrons. The fraction of sp³-hybridized carbons (Fsp3) is 0.750. The van der Waals surface area contributed by atoms with E-state index < -0.39 is 4.92 Å². The van der Waals surface area contributed by atoms with E-state index in [1.54, 1.807) is 10.9 Å². The van der Waals surface area contributed by atoms with Crippen LogP contribution in [0.4, 0.5) is 5.82 Å². The molecule has 1 aliphatic carbocycles. The standard InChI is InChI=1S/C12H20N4O2/c1-10-4-2-3-5-11(10)13-7-9-15-8-6-12(14-15)16(17)18/h6,8,10-11,13H,2-5,7,9H2,1H3/t10-,11-/m0/s1. The zero-order valence-corrected chi connectivity index (χ0v) is 10.7. The molecule has 0 saturated heterocycles. The highest BCUT2D eigenvalue weighted by Gasteiger charge is 2.20. The number of nitrogens with one attached hydrogen (secondary N) is 1. The molecular weight excluding hydrogens is 232 g/mol. The number of nitro groups is 1. The third-order valence-corrected chi connectivity index (χ3v) is 3.67. The second-order valence-corrected chi connectivity index (χ2v) is 5.02. The highest BCUT2D eigenvalue weighted by atomic mass is 16.6. The molecule has 1 aromatic rings. The topological polar surface area (TPSA) is 73.0 Å². The summed E-state index contributed by atoms with van der Waals surface area (Å²) in [5, 5.41) is 17.9. The first-order chi connectivity index (χ1) is 8.66. The van der Waals surface area contributed by atoms with Gasteiger partial charge in [0.2, 0.25) is 0 Å². The van der Waals surface area contributed by atoms with Crippen molar-refractivity contribution in [1.82, 2.24) is 15.1 Å². The number of hydrogen-bond donors (Lipinski definition) is 1. The van der Waals surface area contributed by atoms with E-state index in [1.807, 2.05) is 0 Å². The molecule has 1 fully saturated rings. The first-order valence-corrected chi connectivity index (χ1v) is 6.58. The number of hydrogen-bond acceptors (Lipinski definition) is 4. The van der Waals surface area contributed by atoms with Crippen LogP contribution in [0.5, 0.6) is 0 Å². The van der Waals surface area contributed by atoms with Gasteiger partial charge in [-0.3, -0.25) is 0 Å². The van der Waals surface area contributed by atoms with Crippen LogP contribution >= 0.6 is 0 Å². The fourth-order valence-electron chi connectivity index (χ4n) is 2.56. The van der Waals surface area contributed by atoms with Gasteiger partial charge in [0.15, 0.2) is 0 Å². The van der Waals surface area contributed by atoms with Crippen molar-refractivity contribution in [3.05, 3.63) is 22.4 Å². The van der Waals surface area contributed by atoms with Crippen LogP contribution in [0.2, 0.25) is 0 Å². The zero-order chi connectivity index (χ0) is 13.0. The van der Waals surface area contributed by atoms with Crippen LogP contribution in [-0.2, 0) is 6.54 Å². The summed E-state index contributed by atoms with van der Waals surface area (Å²) in [6.45, 7) is 3.78. The van der Waals surface area contributed by atoms with E-state index in [-0.39, 0.29) is 5.82 Å². The van der Waals surface area contributed by atoms with E-state index in [0.717, 1.165) is 12.5 Å². The average Bonchev–Trinajstić information content (AvgIpc) is 2.80. The Bertz CT molecular complexity index is 405. The summed E-state index contributed by atoms with van der Waals surface area (Å²) in [6.07, 6.45) is 6.83. The van der Waals surface area contributed by atoms with Crippen molar-refractivity contribution in [2.45, 2.75) is 45.2 Å². The maximum absolute atomic E-state index is 10.5. The van der Waals surface area contributed by atoms with Crippen LogP contribution in [0.1, 0.15) is 32.6 Å². The molecule has 0 spiro atoms. The normalized spacial score (nSPS) is 24.1. The fourth-order valence-corrected chi connectivity index (χ4v) is 2.56. The van der Waals surface area contributed by atoms with Crippen LogP contribution in [0.3, 0.4) is 0 Å². The first-order valence-electron chi connectivity index (χ1n) is 6.58. The van der Waals surface area contributed by atoms with E-state index >= 15 is 0 Å². The monoisotopic (exact) mass is 252 g/mol. The van der Waals surface area contributed by atoms with Crippen LogP contribution < -0.4 is 5.32 Å². The van der Waals surface area contributed by atoms with Gasteiger partial charge in [-0.15, -0.1) is 0 Å². The van der Waals surface area contributed by atoms with Crippen LogP contribution in [0, 0.1) is 16.0 Å². The summed E-state index contributed by atoms with van der Waals surface area (Å²) in [5.74, 6) is 0.645. The quantitative estimate of drug-likeness (QED) is 0.642. The van der Waals surface area contributed by atoms with Crippen LogP contribution in [0.15, 0.2) is 12.3 Å². The van der Waals surface area contributed by atoms with E-state index in [9.17, 15) is 10.1 Å². The van der Waals surface area contributed by atoms with Crippen molar-refractivity contribution in [1.29, 1.82) is 0 Å². The minimum absolute atomic E-state index is 0.0824. The smallest absolute Gasteiger partial charge is 0.358 e. The van der Waals surface area contributed by atoms with Crippen LogP contribution in [0.25, 0.3) is 0 Å². The number of aromatic nitrogens is 2. The summed E-state index contributed by atoms with van der Waals surface area (Å²) in [4.78, 5) is 10.0. The molecule has 0 radical (unpaired) electrons. The molecule has 0 aromatic carbocycles. The largest absolute Gasteiger partial charge is 0.389 e. The Balaban J connectivity index is 1.75. The lowest BCUT2D eigenvalue weighted by Crippen LogP contribution is -2.38. The molecule has 1 saturated carbocycles. The van der Waals surface area contributed by atoms with Gasteiger partial charge in [0.1, 0.15) is 0 Å². The van der Waals surface area contributed by atoms with Gasteiger partial charge >= 0.3 is 5.82 Å². The number of rotatable bonds is 5. The summed E-state index contributed by atoms with van der Waals surface area (Å²) in [6, 6.07) is 2.02. The molecule has 1 heterocycles. The van der Waals surface area contributed by atoms with Crippen molar-refractivity contribution in [3.63, 3.8) is 0 Å². The van der Waals surface area contributed by atoms with Gasteiger partial charge in [-0.1, -0.05) is 19.8 Å². The van der Waals surface area contributed by atoms with Crippen molar-refractivity contribution in [2.75, 3.05) is 6.54 Å². The maximum Gasteiger partial charge on any atom is 0.389 e. The maximum atomic E-state index is 10.5. The van der Waals surface area contributed by atoms with Gasteiger partial charge in [-0.25, -0.2) is 0 Å². The molecule has 1 aliphatic rings. The third-order valence-electron chi connectivity index (χ3n) is 3.67. The molecule has 0 unspecified atom stereocenters. The molecule has 18 heavy (non-hydrogen) atoms. The molecule has 2 rings (SSSR count).